The van der Waals surface area contributed by atoms with Crippen LogP contribution in [-0.2, 0) is 6.42 Å². The monoisotopic (exact) mass is 382 g/mol. The molecule has 0 radical (unpaired) electrons. The van der Waals surface area contributed by atoms with Crippen LogP contribution in [0.1, 0.15) is 16.7 Å². The molecule has 0 fully saturated rings. The molecule has 0 atom stereocenters. The molecule has 30 heavy (non-hydrogen) atoms. The highest BCUT2D eigenvalue weighted by molar-refractivity contribution is 6.07. The molecular weight excluding hydrogens is 360 g/mol. The van der Waals surface area contributed by atoms with Crippen molar-refractivity contribution in [3.63, 3.8) is 0 Å². The van der Waals surface area contributed by atoms with Gasteiger partial charge in [0.1, 0.15) is 0 Å². The molecule has 0 unspecified atom stereocenters. The summed E-state index contributed by atoms with van der Waals surface area (Å²) in [5.41, 5.74) is 12.3. The molecule has 0 bridgehead atoms. The van der Waals surface area contributed by atoms with Crippen molar-refractivity contribution in [2.24, 2.45) is 0 Å². The molecule has 1 aliphatic carbocycles. The van der Waals surface area contributed by atoms with Crippen LogP contribution < -0.4 is 0 Å². The molecule has 6 rings (SSSR count). The van der Waals surface area contributed by atoms with E-state index in [1.54, 1.807) is 0 Å². The first-order valence-electron chi connectivity index (χ1n) is 10.6. The summed E-state index contributed by atoms with van der Waals surface area (Å²) >= 11 is 0. The van der Waals surface area contributed by atoms with Crippen molar-refractivity contribution < 1.29 is 0 Å². The van der Waals surface area contributed by atoms with Gasteiger partial charge in [0, 0.05) is 0 Å². The maximum Gasteiger partial charge on any atom is -0.000728 e. The summed E-state index contributed by atoms with van der Waals surface area (Å²) in [6, 6.07) is 37.6. The lowest BCUT2D eigenvalue weighted by atomic mass is 9.86. The molecule has 0 heterocycles. The summed E-state index contributed by atoms with van der Waals surface area (Å²) in [5.74, 6) is 0. The van der Waals surface area contributed by atoms with E-state index in [1.165, 1.54) is 60.8 Å². The maximum atomic E-state index is 2.39. The molecule has 0 spiro atoms. The molecular formula is C30H22. The Morgan fingerprint density at radius 1 is 0.533 bits per heavy atom. The summed E-state index contributed by atoms with van der Waals surface area (Å²) in [4.78, 5) is 0. The van der Waals surface area contributed by atoms with Crippen LogP contribution in [0.4, 0.5) is 0 Å². The zero-order chi connectivity index (χ0) is 20.1. The van der Waals surface area contributed by atoms with Gasteiger partial charge >= 0.3 is 0 Å². The molecule has 0 nitrogen and oxygen atoms in total. The lowest BCUT2D eigenvalue weighted by Gasteiger charge is -2.17. The first-order valence-corrected chi connectivity index (χ1v) is 10.6. The molecule has 0 amide bonds. The first-order chi connectivity index (χ1) is 14.8. The highest BCUT2D eigenvalue weighted by Crippen LogP contribution is 2.45. The van der Waals surface area contributed by atoms with Crippen LogP contribution in [0.3, 0.4) is 0 Å². The molecule has 1 aliphatic rings. The highest BCUT2D eigenvalue weighted by Gasteiger charge is 2.22. The minimum atomic E-state index is 1.01. The SMILES string of the molecule is Cc1cc(-c2cccc3c2Cc2ccccc2-3)c2ccccc2c1-c1ccccc1. The second-order valence-electron chi connectivity index (χ2n) is 8.19. The van der Waals surface area contributed by atoms with E-state index in [0.717, 1.165) is 6.42 Å². The fraction of sp³-hybridized carbons (Fsp3) is 0.0667. The van der Waals surface area contributed by atoms with Crippen LogP contribution in [0.2, 0.25) is 0 Å². The summed E-state index contributed by atoms with van der Waals surface area (Å²) in [6.07, 6.45) is 1.01. The largest absolute Gasteiger partial charge is 0.0622 e. The minimum Gasteiger partial charge on any atom is -0.0622 e. The summed E-state index contributed by atoms with van der Waals surface area (Å²) in [7, 11) is 0. The Bertz CT molecular complexity index is 1410. The zero-order valence-corrected chi connectivity index (χ0v) is 17.0. The normalized spacial score (nSPS) is 12.0. The third-order valence-electron chi connectivity index (χ3n) is 6.45. The molecule has 5 aromatic rings. The van der Waals surface area contributed by atoms with Crippen LogP contribution in [0.25, 0.3) is 44.2 Å². The molecule has 142 valence electrons. The topological polar surface area (TPSA) is 0 Å². The Labute approximate surface area is 177 Å². The van der Waals surface area contributed by atoms with E-state index < -0.39 is 0 Å². The van der Waals surface area contributed by atoms with Crippen molar-refractivity contribution in [2.75, 3.05) is 0 Å². The van der Waals surface area contributed by atoms with Crippen LogP contribution in [0.15, 0.2) is 103 Å². The second-order valence-corrected chi connectivity index (χ2v) is 8.19. The van der Waals surface area contributed by atoms with Crippen molar-refractivity contribution in [1.29, 1.82) is 0 Å². The smallest absolute Gasteiger partial charge is 0.000728 e. The predicted octanol–water partition coefficient (Wildman–Crippen LogP) is 8.05. The highest BCUT2D eigenvalue weighted by atomic mass is 14.3. The van der Waals surface area contributed by atoms with Crippen molar-refractivity contribution in [1.82, 2.24) is 0 Å². The molecule has 0 saturated heterocycles. The van der Waals surface area contributed by atoms with Crippen LogP contribution in [0.5, 0.6) is 0 Å². The van der Waals surface area contributed by atoms with Crippen LogP contribution in [-0.4, -0.2) is 0 Å². The van der Waals surface area contributed by atoms with Gasteiger partial charge in [-0.05, 0) is 74.2 Å². The van der Waals surface area contributed by atoms with Crippen molar-refractivity contribution in [2.45, 2.75) is 13.3 Å². The standard InChI is InChI=1S/C30H22/c1-20-18-28(25-14-7-8-15-27(25)30(20)21-10-3-2-4-11-21)26-17-9-16-24-23-13-6-5-12-22(23)19-29(24)26/h2-18H,19H2,1H3. The number of hydrogen-bond acceptors (Lipinski definition) is 0. The van der Waals surface area contributed by atoms with Gasteiger partial charge in [-0.1, -0.05) is 103 Å². The van der Waals surface area contributed by atoms with Gasteiger partial charge in [-0.2, -0.15) is 0 Å². The average molecular weight is 383 g/mol. The van der Waals surface area contributed by atoms with Crippen molar-refractivity contribution in [3.8, 4) is 33.4 Å². The van der Waals surface area contributed by atoms with Crippen LogP contribution in [0, 0.1) is 6.92 Å². The predicted molar refractivity (Wildman–Crippen MR) is 128 cm³/mol. The van der Waals surface area contributed by atoms with Gasteiger partial charge in [0.15, 0.2) is 0 Å². The Balaban J connectivity index is 1.64. The summed E-state index contributed by atoms with van der Waals surface area (Å²) in [6.45, 7) is 2.25. The van der Waals surface area contributed by atoms with Gasteiger partial charge in [-0.25, -0.2) is 0 Å². The molecule has 0 aromatic heterocycles. The van der Waals surface area contributed by atoms with Gasteiger partial charge in [-0.3, -0.25) is 0 Å². The Morgan fingerprint density at radius 3 is 2.00 bits per heavy atom. The van der Waals surface area contributed by atoms with Gasteiger partial charge in [0.05, 0.1) is 0 Å². The van der Waals surface area contributed by atoms with Gasteiger partial charge in [0.2, 0.25) is 0 Å². The van der Waals surface area contributed by atoms with E-state index >= 15 is 0 Å². The number of hydrogen-bond donors (Lipinski definition) is 0. The van der Waals surface area contributed by atoms with Crippen molar-refractivity contribution in [3.05, 3.63) is 120 Å². The van der Waals surface area contributed by atoms with Gasteiger partial charge < -0.3 is 0 Å². The number of benzene rings is 5. The van der Waals surface area contributed by atoms with E-state index in [-0.39, 0.29) is 0 Å². The van der Waals surface area contributed by atoms with E-state index in [2.05, 4.69) is 110 Å². The quantitative estimate of drug-likeness (QED) is 0.284. The third kappa shape index (κ3) is 2.54. The van der Waals surface area contributed by atoms with E-state index in [9.17, 15) is 0 Å². The first kappa shape index (κ1) is 17.2. The zero-order valence-electron chi connectivity index (χ0n) is 17.0. The number of fused-ring (bicyclic) bond motifs is 4. The fourth-order valence-corrected chi connectivity index (χ4v) is 5.14. The summed E-state index contributed by atoms with van der Waals surface area (Å²) < 4.78 is 0. The maximum absolute atomic E-state index is 2.39. The summed E-state index contributed by atoms with van der Waals surface area (Å²) in [5, 5.41) is 2.65. The van der Waals surface area contributed by atoms with Gasteiger partial charge in [-0.15, -0.1) is 0 Å². The molecule has 5 aromatic carbocycles. The van der Waals surface area contributed by atoms with Crippen LogP contribution >= 0.6 is 0 Å². The molecule has 0 N–H and O–H groups in total. The van der Waals surface area contributed by atoms with E-state index in [4.69, 9.17) is 0 Å². The minimum absolute atomic E-state index is 1.01. The Kier molecular flexibility index (Phi) is 3.86. The van der Waals surface area contributed by atoms with Crippen molar-refractivity contribution >= 4 is 10.8 Å². The number of rotatable bonds is 2. The second kappa shape index (κ2) is 6.71. The number of aryl methyl sites for hydroxylation is 1. The molecule has 0 aliphatic heterocycles. The van der Waals surface area contributed by atoms with Gasteiger partial charge in [0.25, 0.3) is 0 Å². The fourth-order valence-electron chi connectivity index (χ4n) is 5.14. The lowest BCUT2D eigenvalue weighted by molar-refractivity contribution is 1.26. The van der Waals surface area contributed by atoms with E-state index in [0.29, 0.717) is 0 Å². The average Bonchev–Trinajstić information content (AvgIpc) is 3.18. The Hall–Kier alpha value is -3.64. The molecule has 0 saturated carbocycles. The van der Waals surface area contributed by atoms with E-state index in [1.807, 2.05) is 0 Å². The lowest BCUT2D eigenvalue weighted by Crippen LogP contribution is -1.93. The Morgan fingerprint density at radius 2 is 1.17 bits per heavy atom. The third-order valence-corrected chi connectivity index (χ3v) is 6.45. The molecule has 0 heteroatoms.